The quantitative estimate of drug-likeness (QED) is 0.465. The molecule has 2 aromatic rings. The fourth-order valence-electron chi connectivity index (χ4n) is 2.38. The molecule has 1 aliphatic rings. The molecule has 0 saturated carbocycles. The van der Waals surface area contributed by atoms with Gasteiger partial charge >= 0.3 is 5.95 Å². The van der Waals surface area contributed by atoms with E-state index in [2.05, 4.69) is 20.3 Å². The minimum atomic E-state index is -0.101. The van der Waals surface area contributed by atoms with E-state index in [4.69, 9.17) is 17.3 Å². The number of rotatable bonds is 2. The number of benzene rings is 1. The first-order valence-electron chi connectivity index (χ1n) is 6.66. The first-order chi connectivity index (χ1) is 10.1. The number of halogens is 1. The van der Waals surface area contributed by atoms with Gasteiger partial charge in [0.15, 0.2) is 0 Å². The van der Waals surface area contributed by atoms with Crippen LogP contribution in [-0.2, 0) is 12.8 Å². The van der Waals surface area contributed by atoms with Gasteiger partial charge in [-0.15, -0.1) is 4.98 Å². The summed E-state index contributed by atoms with van der Waals surface area (Å²) in [6, 6.07) is 7.16. The number of guanidine groups is 1. The van der Waals surface area contributed by atoms with Gasteiger partial charge in [-0.2, -0.15) is 0 Å². The molecule has 0 bridgehead atoms. The molecule has 1 heterocycles. The molecule has 1 aromatic heterocycles. The molecule has 5 N–H and O–H groups in total. The molecule has 108 valence electrons. The molecule has 0 radical (unpaired) electrons. The van der Waals surface area contributed by atoms with Crippen LogP contribution in [0.4, 0.5) is 11.6 Å². The Morgan fingerprint density at radius 1 is 1.43 bits per heavy atom. The Hall–Kier alpha value is -2.34. The second kappa shape index (κ2) is 5.57. The van der Waals surface area contributed by atoms with Crippen molar-refractivity contribution in [2.24, 2.45) is 5.73 Å². The van der Waals surface area contributed by atoms with Crippen LogP contribution >= 0.6 is 11.6 Å². The third-order valence-electron chi connectivity index (χ3n) is 3.30. The standard InChI is InChI=1S/C14H14ClN5O/c15-8-3-1-4-9(7-8)17-13(16)20-14-18-11-6-2-5-10(11)12(21)19-14/h1,3-4,7H,2,5-6H2,(H4,16,17,18,19,20,21)/p+1. The number of hydrogen-bond acceptors (Lipinski definition) is 2. The van der Waals surface area contributed by atoms with Gasteiger partial charge in [0.25, 0.3) is 11.5 Å². The molecule has 1 aromatic carbocycles. The van der Waals surface area contributed by atoms with E-state index in [1.807, 2.05) is 12.1 Å². The Balaban J connectivity index is 1.84. The van der Waals surface area contributed by atoms with Crippen LogP contribution in [0.5, 0.6) is 0 Å². The minimum Gasteiger partial charge on any atom is -0.322 e. The Labute approximate surface area is 126 Å². The van der Waals surface area contributed by atoms with Gasteiger partial charge in [0.1, 0.15) is 0 Å². The number of hydrogen-bond donors (Lipinski definition) is 4. The lowest BCUT2D eigenvalue weighted by Gasteiger charge is -2.02. The van der Waals surface area contributed by atoms with Crippen molar-refractivity contribution < 1.29 is 4.99 Å². The van der Waals surface area contributed by atoms with Crippen LogP contribution in [-0.4, -0.2) is 15.9 Å². The topological polar surface area (TPSA) is 97.8 Å². The summed E-state index contributed by atoms with van der Waals surface area (Å²) in [5.41, 5.74) is 8.14. The Kier molecular flexibility index (Phi) is 3.62. The van der Waals surface area contributed by atoms with Crippen molar-refractivity contribution in [3.8, 4) is 0 Å². The maximum atomic E-state index is 11.9. The van der Waals surface area contributed by atoms with E-state index in [1.165, 1.54) is 0 Å². The van der Waals surface area contributed by atoms with E-state index < -0.39 is 0 Å². The van der Waals surface area contributed by atoms with Crippen LogP contribution in [0.1, 0.15) is 17.7 Å². The van der Waals surface area contributed by atoms with Crippen molar-refractivity contribution in [3.05, 3.63) is 50.9 Å². The molecule has 0 fully saturated rings. The van der Waals surface area contributed by atoms with Crippen molar-refractivity contribution >= 4 is 29.2 Å². The monoisotopic (exact) mass is 304 g/mol. The van der Waals surface area contributed by atoms with Crippen molar-refractivity contribution in [1.82, 2.24) is 9.97 Å². The van der Waals surface area contributed by atoms with Gasteiger partial charge in [-0.25, -0.2) is 9.98 Å². The van der Waals surface area contributed by atoms with Crippen LogP contribution < -0.4 is 21.6 Å². The number of nitrogens with two attached hydrogens (primary N) is 1. The summed E-state index contributed by atoms with van der Waals surface area (Å²) in [7, 11) is 0. The number of aromatic nitrogens is 2. The summed E-state index contributed by atoms with van der Waals surface area (Å²) in [5, 5.41) is 3.56. The largest absolute Gasteiger partial charge is 0.325 e. The molecule has 21 heavy (non-hydrogen) atoms. The Bertz CT molecular complexity index is 768. The zero-order valence-corrected chi connectivity index (χ0v) is 12.0. The van der Waals surface area contributed by atoms with Crippen LogP contribution in [0.3, 0.4) is 0 Å². The molecule has 7 heteroatoms. The van der Waals surface area contributed by atoms with E-state index in [1.54, 1.807) is 12.1 Å². The van der Waals surface area contributed by atoms with Gasteiger partial charge in [0, 0.05) is 11.4 Å². The summed E-state index contributed by atoms with van der Waals surface area (Å²) in [5.74, 6) is 0.603. The van der Waals surface area contributed by atoms with Crippen LogP contribution in [0.15, 0.2) is 29.1 Å². The van der Waals surface area contributed by atoms with Gasteiger partial charge in [0.05, 0.1) is 16.9 Å². The van der Waals surface area contributed by atoms with E-state index in [0.29, 0.717) is 11.0 Å². The zero-order chi connectivity index (χ0) is 14.8. The molecule has 6 nitrogen and oxygen atoms in total. The van der Waals surface area contributed by atoms with E-state index in [0.717, 1.165) is 36.2 Å². The SMILES string of the molecule is NC(Nc1cccc(Cl)c1)=[NH+]c1nc2c(c(=O)[nH]1)CCC2. The smallest absolute Gasteiger partial charge is 0.322 e. The maximum Gasteiger partial charge on any atom is 0.325 e. The lowest BCUT2D eigenvalue weighted by atomic mass is 10.3. The number of fused-ring (bicyclic) bond motifs is 1. The predicted molar refractivity (Wildman–Crippen MR) is 81.8 cm³/mol. The fourth-order valence-corrected chi connectivity index (χ4v) is 2.57. The van der Waals surface area contributed by atoms with Crippen molar-refractivity contribution in [2.75, 3.05) is 5.32 Å². The molecule has 0 atom stereocenters. The number of nitrogens with zero attached hydrogens (tertiary/aromatic N) is 1. The van der Waals surface area contributed by atoms with Crippen molar-refractivity contribution in [2.45, 2.75) is 19.3 Å². The zero-order valence-electron chi connectivity index (χ0n) is 11.2. The lowest BCUT2D eigenvalue weighted by molar-refractivity contribution is -0.365. The second-order valence-corrected chi connectivity index (χ2v) is 5.30. The highest BCUT2D eigenvalue weighted by molar-refractivity contribution is 6.30. The van der Waals surface area contributed by atoms with Crippen LogP contribution in [0.25, 0.3) is 0 Å². The number of aryl methyl sites for hydroxylation is 1. The normalized spacial score (nSPS) is 14.0. The van der Waals surface area contributed by atoms with Crippen LogP contribution in [0.2, 0.25) is 5.02 Å². The Morgan fingerprint density at radius 2 is 2.29 bits per heavy atom. The van der Waals surface area contributed by atoms with Crippen molar-refractivity contribution in [1.29, 1.82) is 0 Å². The first kappa shape index (κ1) is 13.6. The number of nitrogens with one attached hydrogen (secondary N) is 3. The minimum absolute atomic E-state index is 0.101. The van der Waals surface area contributed by atoms with Gasteiger partial charge in [-0.3, -0.25) is 10.1 Å². The second-order valence-electron chi connectivity index (χ2n) is 4.87. The maximum absolute atomic E-state index is 11.9. The lowest BCUT2D eigenvalue weighted by Crippen LogP contribution is -2.73. The highest BCUT2D eigenvalue weighted by Crippen LogP contribution is 2.15. The predicted octanol–water partition coefficient (Wildman–Crippen LogP) is 0.0509. The third kappa shape index (κ3) is 3.05. The molecule has 1 aliphatic carbocycles. The molecule has 3 rings (SSSR count). The number of H-pyrrole nitrogens is 1. The van der Waals surface area contributed by atoms with Gasteiger partial charge in [-0.1, -0.05) is 17.7 Å². The summed E-state index contributed by atoms with van der Waals surface area (Å²) < 4.78 is 0. The molecular formula is C14H15ClN5O+. The Morgan fingerprint density at radius 3 is 3.10 bits per heavy atom. The van der Waals surface area contributed by atoms with Gasteiger partial charge in [0.2, 0.25) is 0 Å². The van der Waals surface area contributed by atoms with Crippen molar-refractivity contribution in [3.63, 3.8) is 0 Å². The summed E-state index contributed by atoms with van der Waals surface area (Å²) in [4.78, 5) is 21.8. The summed E-state index contributed by atoms with van der Waals surface area (Å²) in [6.45, 7) is 0. The fraction of sp³-hybridized carbons (Fsp3) is 0.214. The number of anilines is 1. The highest BCUT2D eigenvalue weighted by Gasteiger charge is 2.19. The van der Waals surface area contributed by atoms with Gasteiger partial charge < -0.3 is 5.73 Å². The highest BCUT2D eigenvalue weighted by atomic mass is 35.5. The van der Waals surface area contributed by atoms with E-state index >= 15 is 0 Å². The molecule has 0 amide bonds. The third-order valence-corrected chi connectivity index (χ3v) is 3.53. The molecule has 0 saturated heterocycles. The average Bonchev–Trinajstić information content (AvgIpc) is 2.87. The average molecular weight is 305 g/mol. The molecule has 0 spiro atoms. The number of aromatic amines is 1. The first-order valence-corrected chi connectivity index (χ1v) is 7.04. The molecular weight excluding hydrogens is 290 g/mol. The van der Waals surface area contributed by atoms with Crippen LogP contribution in [0, 0.1) is 0 Å². The van der Waals surface area contributed by atoms with E-state index in [9.17, 15) is 4.79 Å². The van der Waals surface area contributed by atoms with Gasteiger partial charge in [-0.05, 0) is 31.0 Å². The summed E-state index contributed by atoms with van der Waals surface area (Å²) in [6.07, 6.45) is 2.59. The van der Waals surface area contributed by atoms with E-state index in [-0.39, 0.29) is 11.5 Å². The molecule has 0 unspecified atom stereocenters. The molecule has 0 aliphatic heterocycles. The summed E-state index contributed by atoms with van der Waals surface area (Å²) >= 11 is 5.90.